The second-order valence-corrected chi connectivity index (χ2v) is 5.83. The molecule has 1 aliphatic rings. The van der Waals surface area contributed by atoms with Crippen molar-refractivity contribution >= 4 is 0 Å². The van der Waals surface area contributed by atoms with Gasteiger partial charge in [0, 0.05) is 37.5 Å². The van der Waals surface area contributed by atoms with Gasteiger partial charge in [-0.05, 0) is 32.7 Å². The van der Waals surface area contributed by atoms with Crippen molar-refractivity contribution in [2.45, 2.75) is 58.3 Å². The maximum atomic E-state index is 11.9. The number of hydrogen-bond acceptors (Lipinski definition) is 5. The number of hydrogen-bond donors (Lipinski definition) is 3. The second-order valence-electron chi connectivity index (χ2n) is 5.83. The molecule has 0 radical (unpaired) electrons. The van der Waals surface area contributed by atoms with Crippen LogP contribution in [0.5, 0.6) is 5.75 Å². The molecule has 6 nitrogen and oxygen atoms in total. The van der Waals surface area contributed by atoms with E-state index in [2.05, 4.69) is 4.90 Å². The van der Waals surface area contributed by atoms with Crippen molar-refractivity contribution in [2.75, 3.05) is 13.2 Å². The summed E-state index contributed by atoms with van der Waals surface area (Å²) in [5, 5.41) is 28.8. The fraction of sp³-hybridized carbons (Fsp3) is 0.688. The molecule has 0 aromatic carbocycles. The molecule has 22 heavy (non-hydrogen) atoms. The molecule has 6 heteroatoms. The van der Waals surface area contributed by atoms with E-state index in [0.29, 0.717) is 30.9 Å². The minimum absolute atomic E-state index is 0.143. The molecular weight excluding hydrogens is 284 g/mol. The Kier molecular flexibility index (Phi) is 5.99. The fourth-order valence-corrected chi connectivity index (χ4v) is 3.36. The van der Waals surface area contributed by atoms with Gasteiger partial charge in [-0.25, -0.2) is 0 Å². The van der Waals surface area contributed by atoms with E-state index in [1.807, 2.05) is 6.92 Å². The summed E-state index contributed by atoms with van der Waals surface area (Å²) in [6, 6.07) is 1.57. The van der Waals surface area contributed by atoms with Crippen LogP contribution < -0.4 is 5.43 Å². The van der Waals surface area contributed by atoms with Crippen LogP contribution in [-0.4, -0.2) is 44.0 Å². The van der Waals surface area contributed by atoms with Crippen LogP contribution in [0.4, 0.5) is 0 Å². The van der Waals surface area contributed by atoms with Crippen LogP contribution in [0.2, 0.25) is 0 Å². The van der Waals surface area contributed by atoms with Crippen molar-refractivity contribution in [3.8, 4) is 5.75 Å². The van der Waals surface area contributed by atoms with Crippen LogP contribution in [-0.2, 0) is 19.7 Å². The van der Waals surface area contributed by atoms with Gasteiger partial charge < -0.3 is 19.9 Å². The molecule has 124 valence electrons. The highest BCUT2D eigenvalue weighted by Gasteiger charge is 2.25. The van der Waals surface area contributed by atoms with E-state index < -0.39 is 5.43 Å². The Balaban J connectivity index is 2.34. The largest absolute Gasteiger partial charge is 0.503 e. The van der Waals surface area contributed by atoms with Crippen molar-refractivity contribution in [2.24, 2.45) is 0 Å². The third-order valence-corrected chi connectivity index (χ3v) is 4.52. The van der Waals surface area contributed by atoms with E-state index in [1.165, 1.54) is 6.07 Å². The first kappa shape index (κ1) is 17.0. The SMILES string of the molecule is CCn1c(CO)cc(=O)c(O)c1CN1CCCCC1CCO. The summed E-state index contributed by atoms with van der Waals surface area (Å²) in [5.41, 5.74) is 0.638. The Morgan fingerprint density at radius 1 is 1.32 bits per heavy atom. The normalized spacial score (nSPS) is 19.5. The zero-order valence-electron chi connectivity index (χ0n) is 13.2. The molecule has 1 unspecified atom stereocenters. The molecule has 2 heterocycles. The topological polar surface area (TPSA) is 85.9 Å². The van der Waals surface area contributed by atoms with Crippen molar-refractivity contribution in [1.82, 2.24) is 9.47 Å². The van der Waals surface area contributed by atoms with Crippen LogP contribution >= 0.6 is 0 Å². The summed E-state index contributed by atoms with van der Waals surface area (Å²) >= 11 is 0. The highest BCUT2D eigenvalue weighted by molar-refractivity contribution is 5.30. The number of likely N-dealkylation sites (tertiary alicyclic amines) is 1. The molecule has 0 aliphatic carbocycles. The number of aliphatic hydroxyl groups is 2. The van der Waals surface area contributed by atoms with Gasteiger partial charge in [-0.2, -0.15) is 0 Å². The van der Waals surface area contributed by atoms with E-state index in [1.54, 1.807) is 4.57 Å². The van der Waals surface area contributed by atoms with E-state index >= 15 is 0 Å². The van der Waals surface area contributed by atoms with Crippen LogP contribution in [0.3, 0.4) is 0 Å². The number of aromatic hydroxyl groups is 1. The van der Waals surface area contributed by atoms with Crippen LogP contribution in [0.1, 0.15) is 44.0 Å². The summed E-state index contributed by atoms with van der Waals surface area (Å²) in [4.78, 5) is 14.1. The molecule has 1 fully saturated rings. The summed E-state index contributed by atoms with van der Waals surface area (Å²) < 4.78 is 1.81. The molecule has 0 amide bonds. The first-order valence-corrected chi connectivity index (χ1v) is 8.02. The van der Waals surface area contributed by atoms with E-state index in [9.17, 15) is 20.1 Å². The molecule has 0 spiro atoms. The van der Waals surface area contributed by atoms with E-state index in [0.717, 1.165) is 25.8 Å². The molecule has 1 saturated heterocycles. The fourth-order valence-electron chi connectivity index (χ4n) is 3.36. The minimum Gasteiger partial charge on any atom is -0.503 e. The molecular formula is C16H26N2O4. The molecule has 2 rings (SSSR count). The van der Waals surface area contributed by atoms with Gasteiger partial charge in [0.25, 0.3) is 0 Å². The predicted molar refractivity (Wildman–Crippen MR) is 83.7 cm³/mol. The average Bonchev–Trinajstić information content (AvgIpc) is 2.53. The van der Waals surface area contributed by atoms with Crippen molar-refractivity contribution in [1.29, 1.82) is 0 Å². The monoisotopic (exact) mass is 310 g/mol. The van der Waals surface area contributed by atoms with Gasteiger partial charge in [0.1, 0.15) is 0 Å². The minimum atomic E-state index is -0.445. The second kappa shape index (κ2) is 7.76. The first-order chi connectivity index (χ1) is 10.6. The number of aromatic nitrogens is 1. The maximum absolute atomic E-state index is 11.9. The van der Waals surface area contributed by atoms with E-state index in [-0.39, 0.29) is 25.0 Å². The third-order valence-electron chi connectivity index (χ3n) is 4.52. The van der Waals surface area contributed by atoms with Crippen molar-refractivity contribution in [3.63, 3.8) is 0 Å². The standard InChI is InChI=1S/C16H26N2O4/c1-2-18-13(11-20)9-15(21)16(22)14(18)10-17-7-4-3-5-12(17)6-8-19/h9,12,19-20,22H,2-8,10-11H2,1H3. The Labute approximate surface area is 130 Å². The molecule has 1 aliphatic heterocycles. The summed E-state index contributed by atoms with van der Waals surface area (Å²) in [7, 11) is 0. The Bertz CT molecular complexity index is 554. The molecule has 1 atom stereocenters. The lowest BCUT2D eigenvalue weighted by Gasteiger charge is -2.36. The maximum Gasteiger partial charge on any atom is 0.223 e. The third kappa shape index (κ3) is 3.51. The highest BCUT2D eigenvalue weighted by atomic mass is 16.3. The lowest BCUT2D eigenvalue weighted by atomic mass is 9.99. The average molecular weight is 310 g/mol. The lowest BCUT2D eigenvalue weighted by molar-refractivity contribution is 0.108. The molecule has 0 bridgehead atoms. The molecule has 0 saturated carbocycles. The summed E-state index contributed by atoms with van der Waals surface area (Å²) in [5.74, 6) is -0.229. The Morgan fingerprint density at radius 3 is 2.73 bits per heavy atom. The van der Waals surface area contributed by atoms with Gasteiger partial charge >= 0.3 is 0 Å². The predicted octanol–water partition coefficient (Wildman–Crippen LogP) is 0.803. The van der Waals surface area contributed by atoms with Gasteiger partial charge in [0.2, 0.25) is 5.43 Å². The van der Waals surface area contributed by atoms with Gasteiger partial charge in [0.15, 0.2) is 5.75 Å². The lowest BCUT2D eigenvalue weighted by Crippen LogP contribution is -2.40. The Hall–Kier alpha value is -1.37. The molecule has 1 aromatic rings. The van der Waals surface area contributed by atoms with Crippen LogP contribution in [0, 0.1) is 0 Å². The number of aliphatic hydroxyl groups excluding tert-OH is 2. The van der Waals surface area contributed by atoms with Gasteiger partial charge in [-0.15, -0.1) is 0 Å². The number of pyridine rings is 1. The number of rotatable bonds is 6. The zero-order valence-corrected chi connectivity index (χ0v) is 13.2. The number of piperidine rings is 1. The van der Waals surface area contributed by atoms with Crippen LogP contribution in [0.25, 0.3) is 0 Å². The highest BCUT2D eigenvalue weighted by Crippen LogP contribution is 2.24. The number of nitrogens with zero attached hydrogens (tertiary/aromatic N) is 2. The quantitative estimate of drug-likeness (QED) is 0.724. The van der Waals surface area contributed by atoms with Crippen LogP contribution in [0.15, 0.2) is 10.9 Å². The van der Waals surface area contributed by atoms with Crippen molar-refractivity contribution in [3.05, 3.63) is 27.7 Å². The summed E-state index contributed by atoms with van der Waals surface area (Å²) in [6.07, 6.45) is 3.96. The van der Waals surface area contributed by atoms with Crippen molar-refractivity contribution < 1.29 is 15.3 Å². The summed E-state index contributed by atoms with van der Waals surface area (Å²) in [6.45, 7) is 3.78. The van der Waals surface area contributed by atoms with Gasteiger partial charge in [-0.3, -0.25) is 9.69 Å². The molecule has 1 aromatic heterocycles. The van der Waals surface area contributed by atoms with E-state index in [4.69, 9.17) is 0 Å². The molecule has 3 N–H and O–H groups in total. The van der Waals surface area contributed by atoms with Gasteiger partial charge in [0.05, 0.1) is 12.3 Å². The Morgan fingerprint density at radius 2 is 2.09 bits per heavy atom. The zero-order chi connectivity index (χ0) is 16.1. The van der Waals surface area contributed by atoms with Gasteiger partial charge in [-0.1, -0.05) is 6.42 Å². The smallest absolute Gasteiger partial charge is 0.223 e. The first-order valence-electron chi connectivity index (χ1n) is 8.02.